The third-order valence-corrected chi connectivity index (χ3v) is 2.76. The number of rotatable bonds is 4. The molecule has 3 atom stereocenters. The van der Waals surface area contributed by atoms with Crippen LogP contribution in [0, 0.1) is 0 Å². The summed E-state index contributed by atoms with van der Waals surface area (Å²) in [7, 11) is 2.95. The van der Waals surface area contributed by atoms with E-state index in [1.54, 1.807) is 0 Å². The minimum atomic E-state index is -0.990. The van der Waals surface area contributed by atoms with Gasteiger partial charge >= 0.3 is 5.97 Å². The molecular weight excluding hydrogens is 226 g/mol. The van der Waals surface area contributed by atoms with Crippen molar-refractivity contribution in [2.24, 2.45) is 0 Å². The summed E-state index contributed by atoms with van der Waals surface area (Å²) in [5.74, 6) is -1.19. The van der Waals surface area contributed by atoms with Crippen LogP contribution >= 0.6 is 0 Å². The van der Waals surface area contributed by atoms with E-state index in [-0.39, 0.29) is 23.9 Å². The van der Waals surface area contributed by atoms with E-state index >= 15 is 0 Å². The molecule has 6 nitrogen and oxygen atoms in total. The van der Waals surface area contributed by atoms with E-state index in [4.69, 9.17) is 14.6 Å². The summed E-state index contributed by atoms with van der Waals surface area (Å²) >= 11 is 0. The Morgan fingerprint density at radius 3 is 2.47 bits per heavy atom. The van der Waals surface area contributed by atoms with Gasteiger partial charge in [0, 0.05) is 33.1 Å². The first-order valence-corrected chi connectivity index (χ1v) is 5.26. The van der Waals surface area contributed by atoms with Crippen LogP contribution in [0.25, 0.3) is 0 Å². The number of carbonyl (C=O) groups is 2. The van der Waals surface area contributed by atoms with Crippen LogP contribution in [0.4, 0.5) is 0 Å². The van der Waals surface area contributed by atoms with Crippen LogP contribution in [0.1, 0.15) is 13.3 Å². The van der Waals surface area contributed by atoms with Gasteiger partial charge in [-0.2, -0.15) is 0 Å². The zero-order valence-electron chi connectivity index (χ0n) is 10.1. The van der Waals surface area contributed by atoms with Crippen molar-refractivity contribution in [3.05, 3.63) is 11.6 Å². The summed E-state index contributed by atoms with van der Waals surface area (Å²) in [6.45, 7) is 1.40. The molecule has 96 valence electrons. The van der Waals surface area contributed by atoms with E-state index in [1.807, 2.05) is 0 Å². The summed E-state index contributed by atoms with van der Waals surface area (Å²) in [5.41, 5.74) is 0.241. The second kappa shape index (κ2) is 5.79. The first-order valence-electron chi connectivity index (χ1n) is 5.26. The maximum absolute atomic E-state index is 11.1. The Bertz CT molecular complexity index is 339. The highest BCUT2D eigenvalue weighted by atomic mass is 16.5. The Morgan fingerprint density at radius 1 is 1.41 bits per heavy atom. The molecule has 0 aromatic rings. The number of amides is 1. The minimum absolute atomic E-state index is 0.203. The van der Waals surface area contributed by atoms with Crippen molar-refractivity contribution in [1.82, 2.24) is 5.32 Å². The first-order chi connectivity index (χ1) is 7.99. The van der Waals surface area contributed by atoms with Gasteiger partial charge in [0.15, 0.2) is 0 Å². The molecule has 0 saturated heterocycles. The molecule has 0 saturated carbocycles. The van der Waals surface area contributed by atoms with Gasteiger partial charge in [-0.1, -0.05) is 0 Å². The molecule has 6 heteroatoms. The van der Waals surface area contributed by atoms with Gasteiger partial charge in [0.25, 0.3) is 0 Å². The van der Waals surface area contributed by atoms with E-state index < -0.39 is 18.2 Å². The van der Waals surface area contributed by atoms with Crippen LogP contribution in [-0.4, -0.2) is 49.5 Å². The molecule has 0 spiro atoms. The van der Waals surface area contributed by atoms with Crippen molar-refractivity contribution in [3.63, 3.8) is 0 Å². The third kappa shape index (κ3) is 3.28. The van der Waals surface area contributed by atoms with Crippen LogP contribution in [0.2, 0.25) is 0 Å². The molecule has 1 aliphatic carbocycles. The zero-order chi connectivity index (χ0) is 13.0. The number of ether oxygens (including phenoxy) is 2. The van der Waals surface area contributed by atoms with Crippen LogP contribution in [-0.2, 0) is 19.1 Å². The van der Waals surface area contributed by atoms with Crippen LogP contribution in [0.15, 0.2) is 11.6 Å². The average Bonchev–Trinajstić information content (AvgIpc) is 2.28. The Balaban J connectivity index is 2.95. The molecule has 0 unspecified atom stereocenters. The van der Waals surface area contributed by atoms with Crippen LogP contribution in [0.3, 0.4) is 0 Å². The number of carbonyl (C=O) groups excluding carboxylic acids is 1. The molecule has 0 bridgehead atoms. The highest BCUT2D eigenvalue weighted by Gasteiger charge is 2.36. The largest absolute Gasteiger partial charge is 0.478 e. The zero-order valence-corrected chi connectivity index (χ0v) is 10.1. The van der Waals surface area contributed by atoms with E-state index in [0.29, 0.717) is 0 Å². The predicted octanol–water partition coefficient (Wildman–Crippen LogP) is -0.0642. The Morgan fingerprint density at radius 2 is 2.06 bits per heavy atom. The second-order valence-corrected chi connectivity index (χ2v) is 3.90. The standard InChI is InChI=1S/C11H17NO5/c1-6(13)12-10-8(16-2)4-7(11(14)15)5-9(10)17-3/h4,8-10H,5H2,1-3H3,(H,12,13)(H,14,15)/t8-,9+,10+/m1/s1. The van der Waals surface area contributed by atoms with Crippen molar-refractivity contribution in [3.8, 4) is 0 Å². The van der Waals surface area contributed by atoms with Gasteiger partial charge in [-0.25, -0.2) is 4.79 Å². The number of aliphatic carboxylic acids is 1. The smallest absolute Gasteiger partial charge is 0.331 e. The van der Waals surface area contributed by atoms with E-state index in [9.17, 15) is 9.59 Å². The van der Waals surface area contributed by atoms with Gasteiger partial charge in [0.2, 0.25) is 5.91 Å². The summed E-state index contributed by atoms with van der Waals surface area (Å²) in [5, 5.41) is 11.7. The van der Waals surface area contributed by atoms with Crippen molar-refractivity contribution in [2.45, 2.75) is 31.6 Å². The summed E-state index contributed by atoms with van der Waals surface area (Å²) in [6.07, 6.45) is 0.860. The summed E-state index contributed by atoms with van der Waals surface area (Å²) in [6, 6.07) is -0.370. The number of carboxylic acids is 1. The second-order valence-electron chi connectivity index (χ2n) is 3.90. The highest BCUT2D eigenvalue weighted by Crippen LogP contribution is 2.23. The lowest BCUT2D eigenvalue weighted by Crippen LogP contribution is -2.53. The van der Waals surface area contributed by atoms with Gasteiger partial charge in [-0.15, -0.1) is 0 Å². The summed E-state index contributed by atoms with van der Waals surface area (Å²) < 4.78 is 10.4. The monoisotopic (exact) mass is 243 g/mol. The number of methoxy groups -OCH3 is 2. The van der Waals surface area contributed by atoms with Crippen molar-refractivity contribution >= 4 is 11.9 Å². The Kier molecular flexibility index (Phi) is 4.65. The molecule has 1 amide bonds. The lowest BCUT2D eigenvalue weighted by atomic mass is 9.89. The Hall–Kier alpha value is -1.40. The van der Waals surface area contributed by atoms with Gasteiger partial charge in [0.1, 0.15) is 0 Å². The topological polar surface area (TPSA) is 84.9 Å². The number of hydrogen-bond acceptors (Lipinski definition) is 4. The molecule has 0 radical (unpaired) electrons. The first kappa shape index (κ1) is 13.7. The highest BCUT2D eigenvalue weighted by molar-refractivity contribution is 5.87. The molecule has 0 heterocycles. The van der Waals surface area contributed by atoms with Gasteiger partial charge in [0.05, 0.1) is 18.2 Å². The number of nitrogens with one attached hydrogen (secondary N) is 1. The average molecular weight is 243 g/mol. The van der Waals surface area contributed by atoms with E-state index in [0.717, 1.165) is 0 Å². The molecule has 0 aliphatic heterocycles. The molecule has 17 heavy (non-hydrogen) atoms. The lowest BCUT2D eigenvalue weighted by molar-refractivity contribution is -0.133. The third-order valence-electron chi connectivity index (χ3n) is 2.76. The number of carboxylic acid groups (broad SMARTS) is 1. The lowest BCUT2D eigenvalue weighted by Gasteiger charge is -2.34. The van der Waals surface area contributed by atoms with Gasteiger partial charge < -0.3 is 19.9 Å². The fourth-order valence-corrected chi connectivity index (χ4v) is 1.94. The molecule has 0 fully saturated rings. The molecule has 1 aliphatic rings. The molecule has 2 N–H and O–H groups in total. The quantitative estimate of drug-likeness (QED) is 0.722. The van der Waals surface area contributed by atoms with Gasteiger partial charge in [-0.05, 0) is 6.08 Å². The fraction of sp³-hybridized carbons (Fsp3) is 0.636. The Labute approximate surface area is 99.6 Å². The molecule has 0 aromatic carbocycles. The van der Waals surface area contributed by atoms with Crippen LogP contribution in [0.5, 0.6) is 0 Å². The fourth-order valence-electron chi connectivity index (χ4n) is 1.94. The SMILES string of the molecule is CO[C@H]1CC(C(=O)O)=C[C@@H](OC)[C@@H]1NC(C)=O. The minimum Gasteiger partial charge on any atom is -0.478 e. The predicted molar refractivity (Wildman–Crippen MR) is 59.5 cm³/mol. The van der Waals surface area contributed by atoms with Crippen molar-refractivity contribution in [2.75, 3.05) is 14.2 Å². The number of hydrogen-bond donors (Lipinski definition) is 2. The van der Waals surface area contributed by atoms with Crippen molar-refractivity contribution in [1.29, 1.82) is 0 Å². The van der Waals surface area contributed by atoms with E-state index in [2.05, 4.69) is 5.32 Å². The summed E-state index contributed by atoms with van der Waals surface area (Å²) in [4.78, 5) is 22.0. The van der Waals surface area contributed by atoms with Crippen molar-refractivity contribution < 1.29 is 24.2 Å². The van der Waals surface area contributed by atoms with Crippen LogP contribution < -0.4 is 5.32 Å². The normalized spacial score (nSPS) is 28.4. The molecular formula is C11H17NO5. The van der Waals surface area contributed by atoms with Gasteiger partial charge in [-0.3, -0.25) is 4.79 Å². The molecule has 1 rings (SSSR count). The van der Waals surface area contributed by atoms with E-state index in [1.165, 1.54) is 27.2 Å². The maximum atomic E-state index is 11.1. The molecule has 0 aromatic heterocycles. The maximum Gasteiger partial charge on any atom is 0.331 e.